The standard InChI is InChI=1S/C14H20BrNO/c1-10(2)16(8-11-3-4-11)14-6-5-13(15)7-12(14)9-17/h5-7,10-11,17H,3-4,8-9H2,1-2H3. The zero-order valence-corrected chi connectivity index (χ0v) is 12.1. The second-order valence-electron chi connectivity index (χ2n) is 5.12. The smallest absolute Gasteiger partial charge is 0.0702 e. The van der Waals surface area contributed by atoms with E-state index in [1.165, 1.54) is 18.5 Å². The Hall–Kier alpha value is -0.540. The van der Waals surface area contributed by atoms with Gasteiger partial charge in [0.1, 0.15) is 0 Å². The number of hydrogen-bond donors (Lipinski definition) is 1. The van der Waals surface area contributed by atoms with Gasteiger partial charge in [0.2, 0.25) is 0 Å². The van der Waals surface area contributed by atoms with Crippen LogP contribution in [0.3, 0.4) is 0 Å². The van der Waals surface area contributed by atoms with E-state index < -0.39 is 0 Å². The van der Waals surface area contributed by atoms with Gasteiger partial charge in [-0.3, -0.25) is 0 Å². The quantitative estimate of drug-likeness (QED) is 0.898. The summed E-state index contributed by atoms with van der Waals surface area (Å²) in [5.74, 6) is 0.854. The normalized spacial score (nSPS) is 15.4. The minimum atomic E-state index is 0.0999. The average Bonchev–Trinajstić information content (AvgIpc) is 3.09. The van der Waals surface area contributed by atoms with Gasteiger partial charge < -0.3 is 10.0 Å². The summed E-state index contributed by atoms with van der Waals surface area (Å²) >= 11 is 3.46. The number of benzene rings is 1. The first kappa shape index (κ1) is 12.9. The molecule has 1 aliphatic rings. The zero-order chi connectivity index (χ0) is 12.4. The molecule has 0 spiro atoms. The lowest BCUT2D eigenvalue weighted by molar-refractivity contribution is 0.281. The third-order valence-corrected chi connectivity index (χ3v) is 3.79. The summed E-state index contributed by atoms with van der Waals surface area (Å²) in [4.78, 5) is 2.41. The van der Waals surface area contributed by atoms with E-state index in [1.54, 1.807) is 0 Å². The van der Waals surface area contributed by atoms with Crippen LogP contribution in [0.4, 0.5) is 5.69 Å². The van der Waals surface area contributed by atoms with Gasteiger partial charge in [-0.2, -0.15) is 0 Å². The van der Waals surface area contributed by atoms with E-state index in [4.69, 9.17) is 0 Å². The molecular weight excluding hydrogens is 278 g/mol. The maximum Gasteiger partial charge on any atom is 0.0702 e. The summed E-state index contributed by atoms with van der Waals surface area (Å²) in [7, 11) is 0. The van der Waals surface area contributed by atoms with Crippen molar-refractivity contribution >= 4 is 21.6 Å². The van der Waals surface area contributed by atoms with Crippen molar-refractivity contribution < 1.29 is 5.11 Å². The fourth-order valence-corrected chi connectivity index (χ4v) is 2.54. The van der Waals surface area contributed by atoms with Crippen LogP contribution in [0.1, 0.15) is 32.3 Å². The molecule has 0 unspecified atom stereocenters. The van der Waals surface area contributed by atoms with Crippen molar-refractivity contribution in [2.75, 3.05) is 11.4 Å². The topological polar surface area (TPSA) is 23.5 Å². The third kappa shape index (κ3) is 3.23. The number of aliphatic hydroxyl groups is 1. The van der Waals surface area contributed by atoms with E-state index in [0.29, 0.717) is 6.04 Å². The highest BCUT2D eigenvalue weighted by molar-refractivity contribution is 9.10. The highest BCUT2D eigenvalue weighted by atomic mass is 79.9. The molecule has 0 aliphatic heterocycles. The molecule has 17 heavy (non-hydrogen) atoms. The van der Waals surface area contributed by atoms with E-state index in [1.807, 2.05) is 6.07 Å². The minimum Gasteiger partial charge on any atom is -0.392 e. The Kier molecular flexibility index (Phi) is 4.10. The largest absolute Gasteiger partial charge is 0.392 e. The average molecular weight is 298 g/mol. The Balaban J connectivity index is 2.26. The van der Waals surface area contributed by atoms with Gasteiger partial charge in [-0.25, -0.2) is 0 Å². The lowest BCUT2D eigenvalue weighted by Crippen LogP contribution is -2.33. The maximum atomic E-state index is 9.48. The molecule has 94 valence electrons. The lowest BCUT2D eigenvalue weighted by atomic mass is 10.1. The molecule has 0 atom stereocenters. The molecule has 1 saturated carbocycles. The number of nitrogens with zero attached hydrogens (tertiary/aromatic N) is 1. The second kappa shape index (κ2) is 5.40. The predicted molar refractivity (Wildman–Crippen MR) is 75.3 cm³/mol. The Morgan fingerprint density at radius 2 is 2.12 bits per heavy atom. The molecule has 1 aromatic carbocycles. The first-order chi connectivity index (χ1) is 8.11. The van der Waals surface area contributed by atoms with E-state index >= 15 is 0 Å². The molecule has 0 bridgehead atoms. The number of hydrogen-bond acceptors (Lipinski definition) is 2. The van der Waals surface area contributed by atoms with Crippen molar-refractivity contribution in [1.82, 2.24) is 0 Å². The Labute approximate surface area is 112 Å². The Bertz CT molecular complexity index is 388. The molecule has 3 heteroatoms. The molecule has 2 nitrogen and oxygen atoms in total. The van der Waals surface area contributed by atoms with Crippen LogP contribution >= 0.6 is 15.9 Å². The highest BCUT2D eigenvalue weighted by Gasteiger charge is 2.26. The number of anilines is 1. The van der Waals surface area contributed by atoms with E-state index in [9.17, 15) is 5.11 Å². The van der Waals surface area contributed by atoms with Crippen molar-refractivity contribution in [2.24, 2.45) is 5.92 Å². The summed E-state index contributed by atoms with van der Waals surface area (Å²) in [6.07, 6.45) is 2.71. The predicted octanol–water partition coefficient (Wildman–Crippen LogP) is 3.57. The Morgan fingerprint density at radius 1 is 1.41 bits per heavy atom. The Morgan fingerprint density at radius 3 is 2.65 bits per heavy atom. The number of halogens is 1. The molecule has 0 heterocycles. The van der Waals surface area contributed by atoms with Crippen molar-refractivity contribution in [3.63, 3.8) is 0 Å². The molecule has 0 amide bonds. The van der Waals surface area contributed by atoms with E-state index in [-0.39, 0.29) is 6.61 Å². The molecule has 0 saturated heterocycles. The minimum absolute atomic E-state index is 0.0999. The van der Waals surface area contributed by atoms with Crippen LogP contribution in [0.25, 0.3) is 0 Å². The summed E-state index contributed by atoms with van der Waals surface area (Å²) < 4.78 is 1.03. The number of aliphatic hydroxyl groups excluding tert-OH is 1. The van der Waals surface area contributed by atoms with Crippen LogP contribution in [0.5, 0.6) is 0 Å². The summed E-state index contributed by atoms with van der Waals surface area (Å²) in [5, 5.41) is 9.48. The van der Waals surface area contributed by atoms with Crippen LogP contribution in [-0.2, 0) is 6.61 Å². The van der Waals surface area contributed by atoms with Crippen LogP contribution in [0, 0.1) is 5.92 Å². The zero-order valence-electron chi connectivity index (χ0n) is 10.5. The van der Waals surface area contributed by atoms with Crippen LogP contribution in [0.15, 0.2) is 22.7 Å². The van der Waals surface area contributed by atoms with Crippen LogP contribution in [0.2, 0.25) is 0 Å². The molecule has 0 radical (unpaired) electrons. The van der Waals surface area contributed by atoms with Gasteiger partial charge in [0, 0.05) is 28.3 Å². The lowest BCUT2D eigenvalue weighted by Gasteiger charge is -2.31. The fourth-order valence-electron chi connectivity index (χ4n) is 2.13. The molecule has 2 rings (SSSR count). The first-order valence-corrected chi connectivity index (χ1v) is 7.07. The van der Waals surface area contributed by atoms with Crippen molar-refractivity contribution in [1.29, 1.82) is 0 Å². The maximum absolute atomic E-state index is 9.48. The highest BCUT2D eigenvalue weighted by Crippen LogP contribution is 2.34. The van der Waals surface area contributed by atoms with Gasteiger partial charge in [0.25, 0.3) is 0 Å². The third-order valence-electron chi connectivity index (χ3n) is 3.30. The SMILES string of the molecule is CC(C)N(CC1CC1)c1ccc(Br)cc1CO. The molecule has 1 fully saturated rings. The van der Waals surface area contributed by atoms with Gasteiger partial charge in [-0.1, -0.05) is 15.9 Å². The summed E-state index contributed by atoms with van der Waals surface area (Å²) in [6.45, 7) is 5.64. The van der Waals surface area contributed by atoms with Crippen LogP contribution in [-0.4, -0.2) is 17.7 Å². The molecule has 0 aromatic heterocycles. The van der Waals surface area contributed by atoms with Gasteiger partial charge in [-0.05, 0) is 50.8 Å². The second-order valence-corrected chi connectivity index (χ2v) is 6.04. The van der Waals surface area contributed by atoms with Crippen molar-refractivity contribution in [3.05, 3.63) is 28.2 Å². The molecule has 1 aliphatic carbocycles. The first-order valence-electron chi connectivity index (χ1n) is 6.27. The fraction of sp³-hybridized carbons (Fsp3) is 0.571. The molecule has 1 aromatic rings. The number of rotatable bonds is 5. The molecule has 1 N–H and O–H groups in total. The molecular formula is C14H20BrNO. The van der Waals surface area contributed by atoms with E-state index in [0.717, 1.165) is 22.5 Å². The van der Waals surface area contributed by atoms with Gasteiger partial charge in [-0.15, -0.1) is 0 Å². The summed E-state index contributed by atoms with van der Waals surface area (Å²) in [5.41, 5.74) is 2.19. The van der Waals surface area contributed by atoms with Crippen LogP contribution < -0.4 is 4.90 Å². The van der Waals surface area contributed by atoms with Gasteiger partial charge in [0.05, 0.1) is 6.61 Å². The van der Waals surface area contributed by atoms with E-state index in [2.05, 4.69) is 46.8 Å². The monoisotopic (exact) mass is 297 g/mol. The van der Waals surface area contributed by atoms with Crippen molar-refractivity contribution in [2.45, 2.75) is 39.3 Å². The van der Waals surface area contributed by atoms with Crippen molar-refractivity contribution in [3.8, 4) is 0 Å². The van der Waals surface area contributed by atoms with Gasteiger partial charge in [0.15, 0.2) is 0 Å². The summed E-state index contributed by atoms with van der Waals surface area (Å²) in [6, 6.07) is 6.65. The van der Waals surface area contributed by atoms with Gasteiger partial charge >= 0.3 is 0 Å².